The van der Waals surface area contributed by atoms with E-state index in [-0.39, 0.29) is 17.9 Å². The van der Waals surface area contributed by atoms with Gasteiger partial charge in [-0.1, -0.05) is 30.9 Å². The molecule has 7 heteroatoms. The van der Waals surface area contributed by atoms with Gasteiger partial charge in [0, 0.05) is 10.9 Å². The third-order valence-electron chi connectivity index (χ3n) is 6.46. The molecule has 1 aliphatic heterocycles. The van der Waals surface area contributed by atoms with Gasteiger partial charge >= 0.3 is 0 Å². The van der Waals surface area contributed by atoms with Gasteiger partial charge in [-0.2, -0.15) is 5.26 Å². The molecule has 4 rings (SSSR count). The standard InChI is InChI=1S/C22H27ClN4O2/c1-15(20(28)26-22(14-24)9-3-2-4-10-22)27-11-7-16(8-12-27)21-25-18-13-17(23)5-6-19(18)29-21/h5-6,13,15-16H,2-4,7-12H2,1H3,(H,26,28). The summed E-state index contributed by atoms with van der Waals surface area (Å²) in [7, 11) is 0. The number of nitrogens with one attached hydrogen (secondary N) is 1. The number of aromatic nitrogens is 1. The van der Waals surface area contributed by atoms with Crippen molar-refractivity contribution in [2.75, 3.05) is 13.1 Å². The summed E-state index contributed by atoms with van der Waals surface area (Å²) in [4.78, 5) is 19.6. The lowest BCUT2D eigenvalue weighted by molar-refractivity contribution is -0.128. The number of fused-ring (bicyclic) bond motifs is 1. The van der Waals surface area contributed by atoms with Crippen LogP contribution >= 0.6 is 11.6 Å². The van der Waals surface area contributed by atoms with Gasteiger partial charge in [0.1, 0.15) is 11.1 Å². The number of amides is 1. The molecule has 1 N–H and O–H groups in total. The van der Waals surface area contributed by atoms with Crippen LogP contribution in [-0.2, 0) is 4.79 Å². The van der Waals surface area contributed by atoms with E-state index in [4.69, 9.17) is 16.0 Å². The lowest BCUT2D eigenvalue weighted by Gasteiger charge is -2.37. The third-order valence-corrected chi connectivity index (χ3v) is 6.69. The molecule has 2 aliphatic rings. The minimum Gasteiger partial charge on any atom is -0.440 e. The molecule has 1 aromatic heterocycles. The molecule has 1 saturated heterocycles. The van der Waals surface area contributed by atoms with Crippen LogP contribution in [-0.4, -0.2) is 40.5 Å². The van der Waals surface area contributed by atoms with Crippen molar-refractivity contribution < 1.29 is 9.21 Å². The number of benzene rings is 1. The average Bonchev–Trinajstić information content (AvgIpc) is 3.17. The number of nitrogens with zero attached hydrogens (tertiary/aromatic N) is 3. The van der Waals surface area contributed by atoms with Crippen LogP contribution in [0.4, 0.5) is 0 Å². The fourth-order valence-electron chi connectivity index (χ4n) is 4.55. The van der Waals surface area contributed by atoms with Gasteiger partial charge in [-0.25, -0.2) is 4.98 Å². The minimum absolute atomic E-state index is 0.0385. The average molecular weight is 415 g/mol. The Labute approximate surface area is 176 Å². The SMILES string of the molecule is CC(C(=O)NC1(C#N)CCCCC1)N1CCC(c2nc3cc(Cl)ccc3o2)CC1. The number of halogens is 1. The molecule has 1 amide bonds. The first-order chi connectivity index (χ1) is 14.0. The Hall–Kier alpha value is -2.10. The molecule has 1 aliphatic carbocycles. The van der Waals surface area contributed by atoms with Gasteiger partial charge in [-0.05, 0) is 63.9 Å². The monoisotopic (exact) mass is 414 g/mol. The molecule has 6 nitrogen and oxygen atoms in total. The largest absolute Gasteiger partial charge is 0.440 e. The van der Waals surface area contributed by atoms with Crippen molar-refractivity contribution in [3.8, 4) is 6.07 Å². The van der Waals surface area contributed by atoms with Crippen molar-refractivity contribution in [2.45, 2.75) is 69.4 Å². The molecule has 154 valence electrons. The Balaban J connectivity index is 1.35. The maximum atomic E-state index is 12.8. The molecule has 0 bridgehead atoms. The van der Waals surface area contributed by atoms with E-state index >= 15 is 0 Å². The minimum atomic E-state index is -0.679. The van der Waals surface area contributed by atoms with E-state index in [1.807, 2.05) is 25.1 Å². The Morgan fingerprint density at radius 1 is 1.34 bits per heavy atom. The first kappa shape index (κ1) is 20.2. The van der Waals surface area contributed by atoms with Gasteiger partial charge in [0.05, 0.1) is 12.1 Å². The lowest BCUT2D eigenvalue weighted by Crippen LogP contribution is -2.55. The van der Waals surface area contributed by atoms with Gasteiger partial charge in [0.2, 0.25) is 5.91 Å². The van der Waals surface area contributed by atoms with Crippen LogP contribution in [0, 0.1) is 11.3 Å². The predicted octanol–water partition coefficient (Wildman–Crippen LogP) is 4.39. The first-order valence-corrected chi connectivity index (χ1v) is 10.9. The van der Waals surface area contributed by atoms with Crippen LogP contribution in [0.15, 0.2) is 22.6 Å². The van der Waals surface area contributed by atoms with Crippen LogP contribution in [0.3, 0.4) is 0 Å². The number of hydrogen-bond donors (Lipinski definition) is 1. The molecule has 2 heterocycles. The second-order valence-corrected chi connectivity index (χ2v) is 8.83. The van der Waals surface area contributed by atoms with Crippen molar-refractivity contribution in [3.05, 3.63) is 29.1 Å². The summed E-state index contributed by atoms with van der Waals surface area (Å²) in [6, 6.07) is 7.61. The fourth-order valence-corrected chi connectivity index (χ4v) is 4.72. The summed E-state index contributed by atoms with van der Waals surface area (Å²) < 4.78 is 5.93. The van der Waals surface area contributed by atoms with E-state index in [0.29, 0.717) is 5.02 Å². The number of nitriles is 1. The highest BCUT2D eigenvalue weighted by Crippen LogP contribution is 2.32. The third kappa shape index (κ3) is 4.26. The molecule has 1 aromatic carbocycles. The Morgan fingerprint density at radius 3 is 2.76 bits per heavy atom. The molecule has 1 atom stereocenters. The topological polar surface area (TPSA) is 82.2 Å². The lowest BCUT2D eigenvalue weighted by atomic mass is 9.82. The van der Waals surface area contributed by atoms with Crippen LogP contribution < -0.4 is 5.32 Å². The molecule has 1 saturated carbocycles. The second kappa shape index (κ2) is 8.33. The zero-order valence-corrected chi connectivity index (χ0v) is 17.5. The Bertz CT molecular complexity index is 921. The van der Waals surface area contributed by atoms with Crippen molar-refractivity contribution in [1.82, 2.24) is 15.2 Å². The maximum absolute atomic E-state index is 12.8. The molecule has 29 heavy (non-hydrogen) atoms. The van der Waals surface area contributed by atoms with Gasteiger partial charge in [0.25, 0.3) is 0 Å². The van der Waals surface area contributed by atoms with Crippen molar-refractivity contribution in [2.24, 2.45) is 0 Å². The Kier molecular flexibility index (Phi) is 5.80. The molecular formula is C22H27ClN4O2. The molecule has 2 fully saturated rings. The van der Waals surface area contributed by atoms with E-state index in [9.17, 15) is 10.1 Å². The number of rotatable bonds is 4. The van der Waals surface area contributed by atoms with E-state index in [1.54, 1.807) is 0 Å². The van der Waals surface area contributed by atoms with Crippen LogP contribution in [0.25, 0.3) is 11.1 Å². The summed E-state index contributed by atoms with van der Waals surface area (Å²) in [5.41, 5.74) is 0.868. The number of carbonyl (C=O) groups is 1. The molecular weight excluding hydrogens is 388 g/mol. The van der Waals surface area contributed by atoms with Gasteiger partial charge < -0.3 is 9.73 Å². The van der Waals surface area contributed by atoms with Crippen LogP contribution in [0.5, 0.6) is 0 Å². The molecule has 0 radical (unpaired) electrons. The molecule has 0 spiro atoms. The normalized spacial score (nSPS) is 21.6. The maximum Gasteiger partial charge on any atom is 0.238 e. The van der Waals surface area contributed by atoms with E-state index < -0.39 is 5.54 Å². The number of hydrogen-bond acceptors (Lipinski definition) is 5. The van der Waals surface area contributed by atoms with Crippen molar-refractivity contribution in [3.63, 3.8) is 0 Å². The summed E-state index contributed by atoms with van der Waals surface area (Å²) in [6.07, 6.45) is 6.44. The number of likely N-dealkylation sites (tertiary alicyclic amines) is 1. The summed E-state index contributed by atoms with van der Waals surface area (Å²) in [5.74, 6) is 0.963. The summed E-state index contributed by atoms with van der Waals surface area (Å²) in [6.45, 7) is 3.54. The van der Waals surface area contributed by atoms with Crippen molar-refractivity contribution >= 4 is 28.6 Å². The summed E-state index contributed by atoms with van der Waals surface area (Å²) in [5, 5.41) is 13.3. The van der Waals surface area contributed by atoms with Crippen LogP contribution in [0.1, 0.15) is 63.7 Å². The van der Waals surface area contributed by atoms with Crippen molar-refractivity contribution in [1.29, 1.82) is 5.26 Å². The smallest absolute Gasteiger partial charge is 0.238 e. The van der Waals surface area contributed by atoms with E-state index in [1.165, 1.54) is 0 Å². The molecule has 1 unspecified atom stereocenters. The Morgan fingerprint density at radius 2 is 2.07 bits per heavy atom. The van der Waals surface area contributed by atoms with Gasteiger partial charge in [-0.15, -0.1) is 0 Å². The highest BCUT2D eigenvalue weighted by Gasteiger charge is 2.36. The molecule has 2 aromatic rings. The zero-order valence-electron chi connectivity index (χ0n) is 16.8. The van der Waals surface area contributed by atoms with Gasteiger partial charge in [0.15, 0.2) is 11.5 Å². The number of oxazole rings is 1. The van der Waals surface area contributed by atoms with Crippen LogP contribution in [0.2, 0.25) is 5.02 Å². The highest BCUT2D eigenvalue weighted by atomic mass is 35.5. The zero-order chi connectivity index (χ0) is 20.4. The second-order valence-electron chi connectivity index (χ2n) is 8.39. The highest BCUT2D eigenvalue weighted by molar-refractivity contribution is 6.31. The number of carbonyl (C=O) groups excluding carboxylic acids is 1. The predicted molar refractivity (Wildman–Crippen MR) is 112 cm³/mol. The number of piperidine rings is 1. The van der Waals surface area contributed by atoms with E-state index in [0.717, 1.165) is 75.0 Å². The summed E-state index contributed by atoms with van der Waals surface area (Å²) >= 11 is 6.04. The van der Waals surface area contributed by atoms with E-state index in [2.05, 4.69) is 21.3 Å². The quantitative estimate of drug-likeness (QED) is 0.802. The van der Waals surface area contributed by atoms with Gasteiger partial charge in [-0.3, -0.25) is 9.69 Å². The fraction of sp³-hybridized carbons (Fsp3) is 0.591. The first-order valence-electron chi connectivity index (χ1n) is 10.5.